The predicted molar refractivity (Wildman–Crippen MR) is 74.1 cm³/mol. The second-order valence-electron chi connectivity index (χ2n) is 4.38. The maximum atomic E-state index is 11.7. The van der Waals surface area contributed by atoms with Crippen molar-refractivity contribution in [2.45, 2.75) is 51.5 Å². The van der Waals surface area contributed by atoms with E-state index in [-0.39, 0.29) is 5.91 Å². The molecule has 0 saturated carbocycles. The summed E-state index contributed by atoms with van der Waals surface area (Å²) in [7, 11) is 0. The molecule has 5 nitrogen and oxygen atoms in total. The highest BCUT2D eigenvalue weighted by Gasteiger charge is 2.18. The molecule has 19 heavy (non-hydrogen) atoms. The summed E-state index contributed by atoms with van der Waals surface area (Å²) in [5.74, 6) is -1.15. The summed E-state index contributed by atoms with van der Waals surface area (Å²) >= 11 is 1.57. The molecule has 1 rings (SSSR count). The molecule has 2 N–H and O–H groups in total. The van der Waals surface area contributed by atoms with E-state index in [1.54, 1.807) is 17.5 Å². The van der Waals surface area contributed by atoms with Crippen LogP contribution in [-0.4, -0.2) is 28.0 Å². The van der Waals surface area contributed by atoms with Crippen LogP contribution in [-0.2, 0) is 16.0 Å². The fourth-order valence-electron chi connectivity index (χ4n) is 1.71. The van der Waals surface area contributed by atoms with Crippen LogP contribution in [0, 0.1) is 0 Å². The van der Waals surface area contributed by atoms with E-state index in [9.17, 15) is 9.59 Å². The van der Waals surface area contributed by atoms with E-state index in [0.717, 1.165) is 24.3 Å². The first-order chi connectivity index (χ1) is 9.13. The molecule has 0 aliphatic heterocycles. The first kappa shape index (κ1) is 15.6. The number of aromatic nitrogens is 1. The lowest BCUT2D eigenvalue weighted by molar-refractivity contribution is -0.142. The first-order valence-electron chi connectivity index (χ1n) is 6.54. The van der Waals surface area contributed by atoms with E-state index in [2.05, 4.69) is 10.3 Å². The van der Waals surface area contributed by atoms with Gasteiger partial charge in [0.05, 0.1) is 5.01 Å². The Labute approximate surface area is 117 Å². The summed E-state index contributed by atoms with van der Waals surface area (Å²) in [5, 5.41) is 14.5. The summed E-state index contributed by atoms with van der Waals surface area (Å²) in [6.07, 6.45) is 5.75. The van der Waals surface area contributed by atoms with Crippen molar-refractivity contribution in [1.82, 2.24) is 10.3 Å². The molecule has 0 fully saturated rings. The molecule has 1 atom stereocenters. The normalized spacial score (nSPS) is 12.1. The Bertz CT molecular complexity index is 393. The van der Waals surface area contributed by atoms with Gasteiger partial charge in [-0.2, -0.15) is 0 Å². The monoisotopic (exact) mass is 284 g/mol. The van der Waals surface area contributed by atoms with Gasteiger partial charge in [0, 0.05) is 18.0 Å². The van der Waals surface area contributed by atoms with Crippen molar-refractivity contribution in [3.05, 3.63) is 16.6 Å². The van der Waals surface area contributed by atoms with Crippen LogP contribution in [0.2, 0.25) is 0 Å². The Morgan fingerprint density at radius 3 is 2.84 bits per heavy atom. The molecule has 0 aliphatic rings. The van der Waals surface area contributed by atoms with Gasteiger partial charge in [-0.3, -0.25) is 4.79 Å². The third-order valence-electron chi connectivity index (χ3n) is 2.76. The van der Waals surface area contributed by atoms with Gasteiger partial charge in [-0.05, 0) is 19.3 Å². The van der Waals surface area contributed by atoms with Crippen molar-refractivity contribution in [1.29, 1.82) is 0 Å². The predicted octanol–water partition coefficient (Wildman–Crippen LogP) is 2.23. The molecule has 106 valence electrons. The lowest BCUT2D eigenvalue weighted by atomic mass is 10.1. The smallest absolute Gasteiger partial charge is 0.326 e. The minimum Gasteiger partial charge on any atom is -0.480 e. The number of aliphatic carboxylic acids is 1. The van der Waals surface area contributed by atoms with E-state index in [1.807, 2.05) is 12.3 Å². The fourth-order valence-corrected chi connectivity index (χ4v) is 2.37. The zero-order chi connectivity index (χ0) is 14.1. The number of carboxylic acid groups (broad SMARTS) is 1. The van der Waals surface area contributed by atoms with E-state index >= 15 is 0 Å². The van der Waals surface area contributed by atoms with Gasteiger partial charge in [-0.25, -0.2) is 9.78 Å². The lowest BCUT2D eigenvalue weighted by Crippen LogP contribution is -2.40. The molecule has 0 spiro atoms. The van der Waals surface area contributed by atoms with Crippen molar-refractivity contribution in [2.75, 3.05) is 0 Å². The molecule has 1 heterocycles. The standard InChI is InChI=1S/C13H20N2O3S/c1-2-3-5-10(13(17)18)15-11(16)6-4-7-12-14-8-9-19-12/h8-10H,2-7H2,1H3,(H,15,16)(H,17,18). The number of hydrogen-bond acceptors (Lipinski definition) is 4. The number of amides is 1. The number of nitrogens with one attached hydrogen (secondary N) is 1. The van der Waals surface area contributed by atoms with Gasteiger partial charge in [0.1, 0.15) is 6.04 Å². The molecule has 1 aromatic rings. The maximum absolute atomic E-state index is 11.7. The van der Waals surface area contributed by atoms with Crippen molar-refractivity contribution in [2.24, 2.45) is 0 Å². The van der Waals surface area contributed by atoms with Crippen molar-refractivity contribution >= 4 is 23.2 Å². The molecular weight excluding hydrogens is 264 g/mol. The SMILES string of the molecule is CCCCC(NC(=O)CCCc1nccs1)C(=O)O. The molecule has 1 unspecified atom stereocenters. The molecule has 0 bridgehead atoms. The third kappa shape index (κ3) is 6.33. The molecular formula is C13H20N2O3S. The lowest BCUT2D eigenvalue weighted by Gasteiger charge is -2.13. The van der Waals surface area contributed by atoms with Crippen LogP contribution < -0.4 is 5.32 Å². The summed E-state index contributed by atoms with van der Waals surface area (Å²) < 4.78 is 0. The highest BCUT2D eigenvalue weighted by atomic mass is 32.1. The number of carbonyl (C=O) groups excluding carboxylic acids is 1. The highest BCUT2D eigenvalue weighted by Crippen LogP contribution is 2.08. The van der Waals surface area contributed by atoms with Gasteiger partial charge < -0.3 is 10.4 Å². The van der Waals surface area contributed by atoms with Crippen molar-refractivity contribution in [3.8, 4) is 0 Å². The van der Waals surface area contributed by atoms with Crippen LogP contribution in [0.25, 0.3) is 0 Å². The molecule has 1 aromatic heterocycles. The fraction of sp³-hybridized carbons (Fsp3) is 0.615. The van der Waals surface area contributed by atoms with Crippen molar-refractivity contribution < 1.29 is 14.7 Å². The average Bonchev–Trinajstić information content (AvgIpc) is 2.87. The number of thiazole rings is 1. The maximum Gasteiger partial charge on any atom is 0.326 e. The van der Waals surface area contributed by atoms with Gasteiger partial charge in [0.25, 0.3) is 0 Å². The molecule has 6 heteroatoms. The Kier molecular flexibility index (Phi) is 7.10. The van der Waals surface area contributed by atoms with Crippen LogP contribution in [0.15, 0.2) is 11.6 Å². The van der Waals surface area contributed by atoms with Crippen LogP contribution in [0.1, 0.15) is 44.0 Å². The summed E-state index contributed by atoms with van der Waals surface area (Å²) in [5.41, 5.74) is 0. The molecule has 0 saturated heterocycles. The van der Waals surface area contributed by atoms with Gasteiger partial charge in [-0.1, -0.05) is 19.8 Å². The van der Waals surface area contributed by atoms with Gasteiger partial charge in [-0.15, -0.1) is 11.3 Å². The zero-order valence-corrected chi connectivity index (χ0v) is 11.9. The Morgan fingerprint density at radius 2 is 2.26 bits per heavy atom. The van der Waals surface area contributed by atoms with Crippen LogP contribution >= 0.6 is 11.3 Å². The summed E-state index contributed by atoms with van der Waals surface area (Å²) in [4.78, 5) is 26.8. The van der Waals surface area contributed by atoms with E-state index < -0.39 is 12.0 Å². The molecule has 0 radical (unpaired) electrons. The zero-order valence-electron chi connectivity index (χ0n) is 11.1. The molecule has 0 aromatic carbocycles. The van der Waals surface area contributed by atoms with E-state index in [4.69, 9.17) is 5.11 Å². The number of nitrogens with zero attached hydrogens (tertiary/aromatic N) is 1. The number of unbranched alkanes of at least 4 members (excludes halogenated alkanes) is 1. The van der Waals surface area contributed by atoms with Crippen molar-refractivity contribution in [3.63, 3.8) is 0 Å². The Hall–Kier alpha value is -1.43. The summed E-state index contributed by atoms with van der Waals surface area (Å²) in [6.45, 7) is 1.99. The van der Waals surface area contributed by atoms with Crippen LogP contribution in [0.3, 0.4) is 0 Å². The first-order valence-corrected chi connectivity index (χ1v) is 7.42. The van der Waals surface area contributed by atoms with E-state index in [0.29, 0.717) is 19.3 Å². The average molecular weight is 284 g/mol. The largest absolute Gasteiger partial charge is 0.480 e. The minimum absolute atomic E-state index is 0.194. The van der Waals surface area contributed by atoms with Gasteiger partial charge in [0.15, 0.2) is 0 Å². The quantitative estimate of drug-likeness (QED) is 0.728. The highest BCUT2D eigenvalue weighted by molar-refractivity contribution is 7.09. The Morgan fingerprint density at radius 1 is 1.47 bits per heavy atom. The van der Waals surface area contributed by atoms with Crippen LogP contribution in [0.5, 0.6) is 0 Å². The second kappa shape index (κ2) is 8.63. The number of rotatable bonds is 9. The molecule has 0 aliphatic carbocycles. The number of hydrogen-bond donors (Lipinski definition) is 2. The van der Waals surface area contributed by atoms with Crippen LogP contribution in [0.4, 0.5) is 0 Å². The topological polar surface area (TPSA) is 79.3 Å². The van der Waals surface area contributed by atoms with Gasteiger partial charge >= 0.3 is 5.97 Å². The number of carbonyl (C=O) groups is 2. The summed E-state index contributed by atoms with van der Waals surface area (Å²) in [6, 6.07) is -0.757. The second-order valence-corrected chi connectivity index (χ2v) is 5.36. The number of carboxylic acids is 1. The molecule has 1 amide bonds. The van der Waals surface area contributed by atoms with E-state index in [1.165, 1.54) is 0 Å². The minimum atomic E-state index is -0.957. The third-order valence-corrected chi connectivity index (χ3v) is 3.60. The van der Waals surface area contributed by atoms with Gasteiger partial charge in [0.2, 0.25) is 5.91 Å². The Balaban J connectivity index is 2.25. The number of aryl methyl sites for hydroxylation is 1.